The summed E-state index contributed by atoms with van der Waals surface area (Å²) in [7, 11) is 0. The molecule has 7 rings (SSSR count). The van der Waals surface area contributed by atoms with Crippen molar-refractivity contribution in [2.45, 2.75) is 38.5 Å². The number of aliphatic hydroxyl groups is 1. The number of thiocarbonyl (C=S) groups is 1. The fourth-order valence-electron chi connectivity index (χ4n) is 4.33. The first-order valence-electron chi connectivity index (χ1n) is 13.6. The zero-order valence-corrected chi connectivity index (χ0v) is 26.6. The van der Waals surface area contributed by atoms with Crippen LogP contribution in [-0.2, 0) is 11.2 Å². The zero-order valence-electron chi connectivity index (χ0n) is 23.3. The van der Waals surface area contributed by atoms with Gasteiger partial charge in [0.2, 0.25) is 0 Å². The summed E-state index contributed by atoms with van der Waals surface area (Å²) in [6.07, 6.45) is 18.7. The molecular weight excluding hydrogens is 664 g/mol. The van der Waals surface area contributed by atoms with Gasteiger partial charge in [-0.2, -0.15) is 10.2 Å². The number of thiazole rings is 1. The fourth-order valence-corrected chi connectivity index (χ4v) is 6.03. The minimum absolute atomic E-state index is 0.0822. The van der Waals surface area contributed by atoms with Gasteiger partial charge in [0, 0.05) is 58.1 Å². The molecule has 44 heavy (non-hydrogen) atoms. The molecule has 0 amide bonds. The molecule has 3 N–H and O–H groups in total. The smallest absolute Gasteiger partial charge is 0.197 e. The molecule has 2 aliphatic rings. The maximum Gasteiger partial charge on any atom is 0.197 e. The Hall–Kier alpha value is -4.40. The molecule has 0 fully saturated rings. The third kappa shape index (κ3) is 7.56. The molecule has 0 aliphatic heterocycles. The third-order valence-corrected chi connectivity index (χ3v) is 8.78. The van der Waals surface area contributed by atoms with Crippen LogP contribution in [0.3, 0.4) is 0 Å². The second-order valence-electron chi connectivity index (χ2n) is 9.73. The van der Waals surface area contributed by atoms with E-state index in [0.717, 1.165) is 58.1 Å². The lowest BCUT2D eigenvalue weighted by atomic mass is 10.0. The lowest BCUT2D eigenvalue weighted by Crippen LogP contribution is -2.08. The molecule has 0 unspecified atom stereocenters. The highest BCUT2D eigenvalue weighted by Crippen LogP contribution is 2.32. The van der Waals surface area contributed by atoms with Gasteiger partial charge in [0.25, 0.3) is 0 Å². The maximum absolute atomic E-state index is 11.9. The molecule has 224 valence electrons. The number of allylic oxidation sites excluding steroid dienone is 2. The van der Waals surface area contributed by atoms with E-state index < -0.39 is 0 Å². The van der Waals surface area contributed by atoms with E-state index in [2.05, 4.69) is 41.1 Å². The summed E-state index contributed by atoms with van der Waals surface area (Å²) in [5.41, 5.74) is 9.61. The number of carbonyl (C=O) groups is 2. The van der Waals surface area contributed by atoms with Gasteiger partial charge in [0.1, 0.15) is 15.7 Å². The Kier molecular flexibility index (Phi) is 10.1. The number of carbonyl (C=O) groups excluding carboxylic acids is 2. The third-order valence-electron chi connectivity index (χ3n) is 6.61. The van der Waals surface area contributed by atoms with Crippen LogP contribution in [0.2, 0.25) is 0 Å². The topological polar surface area (TPSA) is 155 Å². The number of hydrogen-bond acceptors (Lipinski definition) is 10. The number of aliphatic hydroxyl groups excluding tert-OH is 1. The number of rotatable bonds is 4. The molecule has 0 saturated heterocycles. The minimum atomic E-state index is -0.145. The summed E-state index contributed by atoms with van der Waals surface area (Å²) >= 11 is 9.54. The van der Waals surface area contributed by atoms with E-state index in [1.807, 2.05) is 30.5 Å². The van der Waals surface area contributed by atoms with Crippen LogP contribution in [0, 0.1) is 0 Å². The van der Waals surface area contributed by atoms with Gasteiger partial charge in [-0.3, -0.25) is 19.6 Å². The molecule has 5 heterocycles. The first kappa shape index (κ1) is 31.0. The fraction of sp³-hybridized carbons (Fsp3) is 0.200. The van der Waals surface area contributed by atoms with Gasteiger partial charge >= 0.3 is 0 Å². The van der Waals surface area contributed by atoms with E-state index in [1.54, 1.807) is 64.1 Å². The van der Waals surface area contributed by atoms with E-state index in [4.69, 9.17) is 23.1 Å². The van der Waals surface area contributed by atoms with Gasteiger partial charge in [0.15, 0.2) is 17.3 Å². The number of aromatic nitrogens is 7. The minimum Gasteiger partial charge on any atom is -0.504 e. The Balaban J connectivity index is 0.000000144. The standard InChI is InChI=1S/C15H12N4OS.C9H8N4S.C6H7BrO2/c20-12-4-1-5-13-14(12)18-15(21-13)10-7-17-19(9-10)11-3-2-6-16-8-11;10-9(14)7-4-12-13(6-7)8-2-1-3-11-5-8;7-4-2-1-3-5(8)6(4)9/h2-3,6-9H,1,4-5H2;1-6H,(H2,10,14);9H,1-3H2. The van der Waals surface area contributed by atoms with Crippen molar-refractivity contribution in [3.8, 4) is 21.9 Å². The monoisotopic (exact) mass is 690 g/mol. The van der Waals surface area contributed by atoms with Crippen LogP contribution >= 0.6 is 39.5 Å². The van der Waals surface area contributed by atoms with Crippen molar-refractivity contribution >= 4 is 56.0 Å². The highest BCUT2D eigenvalue weighted by Gasteiger charge is 2.23. The number of nitrogens with two attached hydrogens (primary N) is 1. The average Bonchev–Trinajstić information content (AvgIpc) is 3.82. The SMILES string of the molecule is NC(=S)c1cnn(-c2cccnc2)c1.O=C1CCCC(Br)=C1O.O=C1CCCc2sc(-c3cnn(-c4cccnc4)c3)nc21. The Morgan fingerprint density at radius 1 is 0.886 bits per heavy atom. The average molecular weight is 692 g/mol. The number of pyridine rings is 2. The molecule has 14 heteroatoms. The first-order chi connectivity index (χ1) is 21.3. The largest absolute Gasteiger partial charge is 0.504 e. The van der Waals surface area contributed by atoms with Gasteiger partial charge in [-0.05, 0) is 49.9 Å². The van der Waals surface area contributed by atoms with Gasteiger partial charge in [0.05, 0.1) is 36.2 Å². The summed E-state index contributed by atoms with van der Waals surface area (Å²) in [5, 5.41) is 18.3. The number of Topliss-reactive ketones (excluding diaryl/α,β-unsaturated/α-hetero) is 2. The summed E-state index contributed by atoms with van der Waals surface area (Å²) < 4.78 is 4.10. The molecule has 0 bridgehead atoms. The number of ketones is 2. The van der Waals surface area contributed by atoms with Crippen molar-refractivity contribution in [1.82, 2.24) is 34.5 Å². The summed E-state index contributed by atoms with van der Waals surface area (Å²) in [6.45, 7) is 0. The van der Waals surface area contributed by atoms with Crippen LogP contribution in [0.4, 0.5) is 0 Å². The summed E-state index contributed by atoms with van der Waals surface area (Å²) in [6, 6.07) is 7.57. The summed E-state index contributed by atoms with van der Waals surface area (Å²) in [5.74, 6) is -0.0622. The van der Waals surface area contributed by atoms with E-state index in [-0.39, 0.29) is 17.3 Å². The number of hydrogen-bond donors (Lipinski definition) is 2. The van der Waals surface area contributed by atoms with Crippen molar-refractivity contribution in [1.29, 1.82) is 0 Å². The van der Waals surface area contributed by atoms with Crippen LogP contribution in [0.5, 0.6) is 0 Å². The maximum atomic E-state index is 11.9. The second kappa shape index (κ2) is 14.4. The van der Waals surface area contributed by atoms with E-state index in [9.17, 15) is 9.59 Å². The van der Waals surface area contributed by atoms with Crippen molar-refractivity contribution in [3.05, 3.63) is 100 Å². The molecule has 0 spiro atoms. The molecule has 5 aromatic heterocycles. The van der Waals surface area contributed by atoms with Gasteiger partial charge in [-0.15, -0.1) is 11.3 Å². The molecule has 5 aromatic rings. The normalized spacial score (nSPS) is 14.2. The highest BCUT2D eigenvalue weighted by atomic mass is 79.9. The van der Waals surface area contributed by atoms with Crippen molar-refractivity contribution in [2.24, 2.45) is 5.73 Å². The lowest BCUT2D eigenvalue weighted by Gasteiger charge is -2.08. The quantitative estimate of drug-likeness (QED) is 0.224. The molecule has 2 aliphatic carbocycles. The Morgan fingerprint density at radius 3 is 2.09 bits per heavy atom. The van der Waals surface area contributed by atoms with Crippen LogP contribution in [0.1, 0.15) is 53.0 Å². The zero-order chi connectivity index (χ0) is 31.1. The molecule has 0 saturated carbocycles. The number of fused-ring (bicyclic) bond motifs is 1. The molecule has 0 radical (unpaired) electrons. The van der Waals surface area contributed by atoms with Crippen LogP contribution < -0.4 is 5.73 Å². The number of aryl methyl sites for hydroxylation is 1. The highest BCUT2D eigenvalue weighted by molar-refractivity contribution is 9.11. The van der Waals surface area contributed by atoms with Gasteiger partial charge in [-0.25, -0.2) is 14.3 Å². The van der Waals surface area contributed by atoms with E-state index >= 15 is 0 Å². The van der Waals surface area contributed by atoms with Crippen molar-refractivity contribution in [3.63, 3.8) is 0 Å². The van der Waals surface area contributed by atoms with Crippen LogP contribution in [-0.4, -0.2) is 56.2 Å². The Labute approximate surface area is 270 Å². The van der Waals surface area contributed by atoms with Crippen LogP contribution in [0.15, 0.2) is 84.1 Å². The molecule has 0 atom stereocenters. The van der Waals surface area contributed by atoms with E-state index in [1.165, 1.54) is 0 Å². The Morgan fingerprint density at radius 2 is 1.52 bits per heavy atom. The van der Waals surface area contributed by atoms with Crippen molar-refractivity contribution in [2.75, 3.05) is 0 Å². The van der Waals surface area contributed by atoms with Gasteiger partial charge < -0.3 is 10.8 Å². The number of nitrogens with zero attached hydrogens (tertiary/aromatic N) is 7. The first-order valence-corrected chi connectivity index (χ1v) is 15.7. The number of halogens is 1. The molecule has 11 nitrogen and oxygen atoms in total. The van der Waals surface area contributed by atoms with Crippen molar-refractivity contribution < 1.29 is 14.7 Å². The Bertz CT molecular complexity index is 1820. The lowest BCUT2D eigenvalue weighted by molar-refractivity contribution is -0.118. The van der Waals surface area contributed by atoms with Crippen LogP contribution in [0.25, 0.3) is 21.9 Å². The van der Waals surface area contributed by atoms with Gasteiger partial charge in [-0.1, -0.05) is 28.1 Å². The molecular formula is C30H27BrN8O3S2. The van der Waals surface area contributed by atoms with E-state index in [0.29, 0.717) is 28.0 Å². The summed E-state index contributed by atoms with van der Waals surface area (Å²) in [4.78, 5) is 36.6. The molecule has 0 aromatic carbocycles. The predicted octanol–water partition coefficient (Wildman–Crippen LogP) is 5.72. The second-order valence-corrected chi connectivity index (χ2v) is 12.2. The predicted molar refractivity (Wildman–Crippen MR) is 174 cm³/mol.